The lowest BCUT2D eigenvalue weighted by atomic mass is 10.0. The molecule has 2 aromatic carbocycles. The maximum atomic E-state index is 13.0. The maximum absolute atomic E-state index is 13.0. The molecule has 7 nitrogen and oxygen atoms in total. The minimum Gasteiger partial charge on any atom is -0.438 e. The molecule has 0 spiro atoms. The zero-order chi connectivity index (χ0) is 24.1. The van der Waals surface area contributed by atoms with Crippen molar-refractivity contribution in [1.82, 2.24) is 19.9 Å². The minimum absolute atomic E-state index is 0.211. The van der Waals surface area contributed by atoms with Crippen LogP contribution in [0.1, 0.15) is 54.0 Å². The Balaban J connectivity index is 1.60. The molecule has 0 aliphatic carbocycles. The van der Waals surface area contributed by atoms with Crippen LogP contribution in [-0.4, -0.2) is 25.8 Å². The highest BCUT2D eigenvalue weighted by molar-refractivity contribution is 6.04. The number of carbonyl (C=O) groups is 1. The number of ether oxygens (including phenoxy) is 1. The summed E-state index contributed by atoms with van der Waals surface area (Å²) in [7, 11) is 0. The molecule has 0 atom stereocenters. The van der Waals surface area contributed by atoms with Crippen molar-refractivity contribution >= 4 is 11.6 Å². The van der Waals surface area contributed by atoms with Gasteiger partial charge < -0.3 is 10.1 Å². The van der Waals surface area contributed by atoms with E-state index in [4.69, 9.17) is 4.74 Å². The van der Waals surface area contributed by atoms with Gasteiger partial charge in [-0.05, 0) is 60.4 Å². The van der Waals surface area contributed by atoms with Gasteiger partial charge in [-0.15, -0.1) is 0 Å². The van der Waals surface area contributed by atoms with Gasteiger partial charge in [-0.25, -0.2) is 19.9 Å². The second-order valence-corrected chi connectivity index (χ2v) is 8.25. The molecule has 34 heavy (non-hydrogen) atoms. The van der Waals surface area contributed by atoms with Crippen LogP contribution in [0.5, 0.6) is 11.6 Å². The van der Waals surface area contributed by atoms with Gasteiger partial charge in [0.2, 0.25) is 5.88 Å². The third-order valence-corrected chi connectivity index (χ3v) is 5.42. The zero-order valence-corrected chi connectivity index (χ0v) is 19.7. The summed E-state index contributed by atoms with van der Waals surface area (Å²) in [6.45, 7) is 8.15. The van der Waals surface area contributed by atoms with Gasteiger partial charge in [-0.2, -0.15) is 0 Å². The summed E-state index contributed by atoms with van der Waals surface area (Å²) in [5.41, 5.74) is 3.94. The van der Waals surface area contributed by atoms with Crippen LogP contribution in [-0.2, 0) is 6.42 Å². The average molecular weight is 454 g/mol. The third-order valence-electron chi connectivity index (χ3n) is 5.42. The molecule has 0 fully saturated rings. The van der Waals surface area contributed by atoms with Gasteiger partial charge in [-0.1, -0.05) is 39.0 Å². The van der Waals surface area contributed by atoms with Gasteiger partial charge in [0.05, 0.1) is 5.56 Å². The average Bonchev–Trinajstić information content (AvgIpc) is 2.86. The molecule has 0 saturated heterocycles. The second-order valence-electron chi connectivity index (χ2n) is 8.25. The SMILES string of the molecule is CCc1ncnc(-c2cccnc2Oc2cc(C(=O)Nc3cccc(C(C)C)c3)ccc2C)n1. The van der Waals surface area contributed by atoms with Crippen LogP contribution in [0.4, 0.5) is 5.69 Å². The molecule has 4 rings (SSSR count). The van der Waals surface area contributed by atoms with Crippen LogP contribution in [0, 0.1) is 6.92 Å². The normalized spacial score (nSPS) is 10.9. The lowest BCUT2D eigenvalue weighted by molar-refractivity contribution is 0.102. The lowest BCUT2D eigenvalue weighted by Gasteiger charge is -2.13. The van der Waals surface area contributed by atoms with Gasteiger partial charge in [0.25, 0.3) is 5.91 Å². The summed E-state index contributed by atoms with van der Waals surface area (Å²) in [4.78, 5) is 30.3. The number of anilines is 1. The van der Waals surface area contributed by atoms with Crippen LogP contribution < -0.4 is 10.1 Å². The van der Waals surface area contributed by atoms with E-state index in [0.29, 0.717) is 46.7 Å². The fourth-order valence-electron chi connectivity index (χ4n) is 3.41. The fourth-order valence-corrected chi connectivity index (χ4v) is 3.41. The van der Waals surface area contributed by atoms with Crippen LogP contribution >= 0.6 is 0 Å². The zero-order valence-electron chi connectivity index (χ0n) is 19.7. The Kier molecular flexibility index (Phi) is 6.92. The molecule has 0 saturated carbocycles. The first kappa shape index (κ1) is 23.0. The molecule has 2 aromatic heterocycles. The van der Waals surface area contributed by atoms with Gasteiger partial charge in [0, 0.05) is 23.9 Å². The van der Waals surface area contributed by atoms with E-state index in [2.05, 4.69) is 45.2 Å². The predicted octanol–water partition coefficient (Wildman–Crippen LogP) is 5.97. The lowest BCUT2D eigenvalue weighted by Crippen LogP contribution is -2.12. The van der Waals surface area contributed by atoms with E-state index in [-0.39, 0.29) is 5.91 Å². The maximum Gasteiger partial charge on any atom is 0.255 e. The summed E-state index contributed by atoms with van der Waals surface area (Å²) >= 11 is 0. The molecule has 2 heterocycles. The second kappa shape index (κ2) is 10.2. The summed E-state index contributed by atoms with van der Waals surface area (Å²) in [6.07, 6.45) is 3.83. The summed E-state index contributed by atoms with van der Waals surface area (Å²) in [6, 6.07) is 16.9. The monoisotopic (exact) mass is 453 g/mol. The molecule has 0 radical (unpaired) electrons. The Labute approximate surface area is 199 Å². The first-order chi connectivity index (χ1) is 16.4. The molecule has 7 heteroatoms. The molecule has 0 aliphatic heterocycles. The molecule has 0 aliphatic rings. The summed E-state index contributed by atoms with van der Waals surface area (Å²) < 4.78 is 6.17. The summed E-state index contributed by atoms with van der Waals surface area (Å²) in [5.74, 6) is 2.25. The van der Waals surface area contributed by atoms with Crippen molar-refractivity contribution in [2.75, 3.05) is 5.32 Å². The Morgan fingerprint density at radius 2 is 1.88 bits per heavy atom. The van der Waals surface area contributed by atoms with Crippen molar-refractivity contribution in [3.63, 3.8) is 0 Å². The van der Waals surface area contributed by atoms with Crippen molar-refractivity contribution in [2.24, 2.45) is 0 Å². The Bertz CT molecular complexity index is 1320. The van der Waals surface area contributed by atoms with Gasteiger partial charge in [0.15, 0.2) is 5.82 Å². The van der Waals surface area contributed by atoms with Crippen LogP contribution in [0.3, 0.4) is 0 Å². The number of rotatable bonds is 7. The summed E-state index contributed by atoms with van der Waals surface area (Å²) in [5, 5.41) is 2.98. The fraction of sp³-hybridized carbons (Fsp3) is 0.222. The smallest absolute Gasteiger partial charge is 0.255 e. The van der Waals surface area contributed by atoms with E-state index in [9.17, 15) is 4.79 Å². The minimum atomic E-state index is -0.211. The number of carbonyl (C=O) groups excluding carboxylic acids is 1. The van der Waals surface area contributed by atoms with E-state index in [1.807, 2.05) is 44.2 Å². The quantitative estimate of drug-likeness (QED) is 0.371. The Hall–Kier alpha value is -4.13. The molecular formula is C27H27N5O2. The van der Waals surface area contributed by atoms with E-state index >= 15 is 0 Å². The van der Waals surface area contributed by atoms with E-state index in [0.717, 1.165) is 16.8 Å². The highest BCUT2D eigenvalue weighted by Crippen LogP contribution is 2.31. The molecule has 172 valence electrons. The van der Waals surface area contributed by atoms with Gasteiger partial charge >= 0.3 is 0 Å². The first-order valence-electron chi connectivity index (χ1n) is 11.3. The number of hydrogen-bond acceptors (Lipinski definition) is 6. The van der Waals surface area contributed by atoms with Crippen molar-refractivity contribution in [3.05, 3.63) is 89.6 Å². The van der Waals surface area contributed by atoms with Gasteiger partial charge in [0.1, 0.15) is 17.9 Å². The van der Waals surface area contributed by atoms with Gasteiger partial charge in [-0.3, -0.25) is 4.79 Å². The highest BCUT2D eigenvalue weighted by atomic mass is 16.5. The highest BCUT2D eigenvalue weighted by Gasteiger charge is 2.15. The molecule has 0 bridgehead atoms. The van der Waals surface area contributed by atoms with Crippen molar-refractivity contribution < 1.29 is 9.53 Å². The van der Waals surface area contributed by atoms with Crippen molar-refractivity contribution in [3.8, 4) is 23.0 Å². The number of aromatic nitrogens is 4. The first-order valence-corrected chi connectivity index (χ1v) is 11.3. The third kappa shape index (κ3) is 5.26. The standard InChI is InChI=1S/C27H27N5O2/c1-5-24-29-16-30-25(32-24)22-10-7-13-28-27(22)34-23-15-20(12-11-18(23)4)26(33)31-21-9-6-8-19(14-21)17(2)3/h6-17H,5H2,1-4H3,(H,31,33). The number of aryl methyl sites for hydroxylation is 2. The van der Waals surface area contributed by atoms with E-state index < -0.39 is 0 Å². The Morgan fingerprint density at radius 3 is 2.68 bits per heavy atom. The number of amides is 1. The number of nitrogens with one attached hydrogen (secondary N) is 1. The predicted molar refractivity (Wildman–Crippen MR) is 132 cm³/mol. The number of pyridine rings is 1. The van der Waals surface area contributed by atoms with Crippen LogP contribution in [0.2, 0.25) is 0 Å². The molecule has 4 aromatic rings. The molecule has 1 amide bonds. The van der Waals surface area contributed by atoms with Crippen LogP contribution in [0.15, 0.2) is 67.1 Å². The Morgan fingerprint density at radius 1 is 1.03 bits per heavy atom. The van der Waals surface area contributed by atoms with Crippen LogP contribution in [0.25, 0.3) is 11.4 Å². The topological polar surface area (TPSA) is 89.9 Å². The number of hydrogen-bond donors (Lipinski definition) is 1. The molecular weight excluding hydrogens is 426 g/mol. The van der Waals surface area contributed by atoms with E-state index in [1.165, 1.54) is 6.33 Å². The molecule has 1 N–H and O–H groups in total. The largest absolute Gasteiger partial charge is 0.438 e. The number of benzene rings is 2. The molecule has 0 unspecified atom stereocenters. The van der Waals surface area contributed by atoms with E-state index in [1.54, 1.807) is 24.4 Å². The van der Waals surface area contributed by atoms with Crippen molar-refractivity contribution in [1.29, 1.82) is 0 Å². The number of nitrogens with zero attached hydrogens (tertiary/aromatic N) is 4. The van der Waals surface area contributed by atoms with Crippen molar-refractivity contribution in [2.45, 2.75) is 40.0 Å².